The molecule has 0 aliphatic carbocycles. The van der Waals surface area contributed by atoms with Crippen LogP contribution in [-0.4, -0.2) is 13.1 Å². The molecule has 1 aliphatic heterocycles. The van der Waals surface area contributed by atoms with Crippen molar-refractivity contribution in [3.8, 4) is 0 Å². The van der Waals surface area contributed by atoms with E-state index in [0.717, 1.165) is 32.4 Å². The van der Waals surface area contributed by atoms with Gasteiger partial charge in [-0.3, -0.25) is 0 Å². The number of halogens is 2. The van der Waals surface area contributed by atoms with Gasteiger partial charge in [0.2, 0.25) is 0 Å². The summed E-state index contributed by atoms with van der Waals surface area (Å²) in [6.07, 6.45) is 3.87. The Kier molecular flexibility index (Phi) is 3.88. The summed E-state index contributed by atoms with van der Waals surface area (Å²) in [4.78, 5) is 0. The topological polar surface area (TPSA) is 12.0 Å². The molecule has 3 heteroatoms. The summed E-state index contributed by atoms with van der Waals surface area (Å²) in [7, 11) is 0. The molecule has 1 saturated heterocycles. The van der Waals surface area contributed by atoms with Crippen molar-refractivity contribution in [2.75, 3.05) is 13.1 Å². The van der Waals surface area contributed by atoms with Gasteiger partial charge in [-0.15, -0.1) is 0 Å². The molecule has 1 atom stereocenters. The SMILES string of the molecule is Fc1cccc(F)c1CC1CCCCNC1. The standard InChI is InChI=1S/C13H17F2N/c14-12-5-3-6-13(15)11(12)8-10-4-1-2-7-16-9-10/h3,5-6,10,16H,1-2,4,7-9H2. The lowest BCUT2D eigenvalue weighted by Crippen LogP contribution is -2.22. The Labute approximate surface area is 94.9 Å². The van der Waals surface area contributed by atoms with E-state index in [9.17, 15) is 8.78 Å². The Morgan fingerprint density at radius 1 is 1.19 bits per heavy atom. The van der Waals surface area contributed by atoms with Crippen LogP contribution in [-0.2, 0) is 6.42 Å². The van der Waals surface area contributed by atoms with Crippen molar-refractivity contribution < 1.29 is 8.78 Å². The molecular weight excluding hydrogens is 208 g/mol. The molecule has 1 unspecified atom stereocenters. The highest BCUT2D eigenvalue weighted by molar-refractivity contribution is 5.20. The fourth-order valence-electron chi connectivity index (χ4n) is 2.28. The van der Waals surface area contributed by atoms with E-state index in [1.54, 1.807) is 0 Å². The number of hydrogen-bond acceptors (Lipinski definition) is 1. The lowest BCUT2D eigenvalue weighted by atomic mass is 9.94. The van der Waals surface area contributed by atoms with Gasteiger partial charge in [0, 0.05) is 5.56 Å². The van der Waals surface area contributed by atoms with E-state index in [1.165, 1.54) is 18.2 Å². The van der Waals surface area contributed by atoms with Gasteiger partial charge >= 0.3 is 0 Å². The van der Waals surface area contributed by atoms with E-state index >= 15 is 0 Å². The van der Waals surface area contributed by atoms with Crippen LogP contribution in [0.4, 0.5) is 8.78 Å². The Morgan fingerprint density at radius 2 is 1.94 bits per heavy atom. The summed E-state index contributed by atoms with van der Waals surface area (Å²) in [6, 6.07) is 4.09. The predicted molar refractivity (Wildman–Crippen MR) is 60.3 cm³/mol. The first kappa shape index (κ1) is 11.5. The van der Waals surface area contributed by atoms with E-state index in [-0.39, 0.29) is 5.56 Å². The van der Waals surface area contributed by atoms with Crippen molar-refractivity contribution in [2.24, 2.45) is 5.92 Å². The van der Waals surface area contributed by atoms with E-state index in [1.807, 2.05) is 0 Å². The minimum absolute atomic E-state index is 0.246. The Bertz CT molecular complexity index is 324. The molecule has 1 N–H and O–H groups in total. The van der Waals surface area contributed by atoms with Gasteiger partial charge in [0.25, 0.3) is 0 Å². The average molecular weight is 225 g/mol. The molecular formula is C13H17F2N. The third kappa shape index (κ3) is 2.79. The Morgan fingerprint density at radius 3 is 2.69 bits per heavy atom. The molecule has 1 aromatic carbocycles. The molecule has 1 aromatic rings. The van der Waals surface area contributed by atoms with Gasteiger partial charge in [-0.1, -0.05) is 12.5 Å². The van der Waals surface area contributed by atoms with Gasteiger partial charge in [0.1, 0.15) is 11.6 Å². The van der Waals surface area contributed by atoms with Gasteiger partial charge in [0.15, 0.2) is 0 Å². The van der Waals surface area contributed by atoms with Crippen LogP contribution in [0.15, 0.2) is 18.2 Å². The van der Waals surface area contributed by atoms with Crippen LogP contribution >= 0.6 is 0 Å². The minimum atomic E-state index is -0.413. The second kappa shape index (κ2) is 5.39. The summed E-state index contributed by atoms with van der Waals surface area (Å²) < 4.78 is 26.9. The molecule has 1 aliphatic rings. The zero-order valence-corrected chi connectivity index (χ0v) is 9.31. The van der Waals surface area contributed by atoms with Crippen molar-refractivity contribution in [1.82, 2.24) is 5.32 Å². The van der Waals surface area contributed by atoms with Gasteiger partial charge in [0.05, 0.1) is 0 Å². The van der Waals surface area contributed by atoms with Crippen LogP contribution in [0.1, 0.15) is 24.8 Å². The minimum Gasteiger partial charge on any atom is -0.316 e. The van der Waals surface area contributed by atoms with Crippen LogP contribution in [0.5, 0.6) is 0 Å². The molecule has 0 radical (unpaired) electrons. The van der Waals surface area contributed by atoms with Crippen LogP contribution in [0.25, 0.3) is 0 Å². The molecule has 2 rings (SSSR count). The fourth-order valence-corrected chi connectivity index (χ4v) is 2.28. The van der Waals surface area contributed by atoms with E-state index in [0.29, 0.717) is 12.3 Å². The van der Waals surface area contributed by atoms with Gasteiger partial charge in [-0.05, 0) is 50.4 Å². The van der Waals surface area contributed by atoms with Crippen molar-refractivity contribution in [3.05, 3.63) is 35.4 Å². The Hall–Kier alpha value is -0.960. The average Bonchev–Trinajstić information content (AvgIpc) is 2.52. The third-order valence-corrected chi connectivity index (χ3v) is 3.20. The molecule has 16 heavy (non-hydrogen) atoms. The molecule has 0 aromatic heterocycles. The third-order valence-electron chi connectivity index (χ3n) is 3.20. The highest BCUT2D eigenvalue weighted by Gasteiger charge is 2.17. The number of nitrogens with one attached hydrogen (secondary N) is 1. The second-order valence-electron chi connectivity index (χ2n) is 4.47. The monoisotopic (exact) mass is 225 g/mol. The van der Waals surface area contributed by atoms with Crippen LogP contribution in [0.2, 0.25) is 0 Å². The van der Waals surface area contributed by atoms with Gasteiger partial charge in [-0.2, -0.15) is 0 Å². The largest absolute Gasteiger partial charge is 0.316 e. The maximum absolute atomic E-state index is 13.4. The maximum atomic E-state index is 13.4. The molecule has 1 fully saturated rings. The molecule has 1 nitrogen and oxygen atoms in total. The highest BCUT2D eigenvalue weighted by atomic mass is 19.1. The first-order valence-electron chi connectivity index (χ1n) is 5.91. The molecule has 0 bridgehead atoms. The molecule has 0 amide bonds. The number of rotatable bonds is 2. The fraction of sp³-hybridized carbons (Fsp3) is 0.538. The van der Waals surface area contributed by atoms with Crippen molar-refractivity contribution in [3.63, 3.8) is 0 Å². The normalized spacial score (nSPS) is 21.8. The lowest BCUT2D eigenvalue weighted by molar-refractivity contribution is 0.450. The van der Waals surface area contributed by atoms with Crippen LogP contribution in [0.3, 0.4) is 0 Å². The van der Waals surface area contributed by atoms with Crippen LogP contribution < -0.4 is 5.32 Å². The summed E-state index contributed by atoms with van der Waals surface area (Å²) >= 11 is 0. The molecule has 88 valence electrons. The number of benzene rings is 1. The first-order valence-corrected chi connectivity index (χ1v) is 5.91. The maximum Gasteiger partial charge on any atom is 0.129 e. The number of hydrogen-bond donors (Lipinski definition) is 1. The first-order chi connectivity index (χ1) is 7.77. The summed E-state index contributed by atoms with van der Waals surface area (Å²) in [5, 5.41) is 3.31. The second-order valence-corrected chi connectivity index (χ2v) is 4.47. The Balaban J connectivity index is 2.07. The zero-order chi connectivity index (χ0) is 11.4. The van der Waals surface area contributed by atoms with Crippen molar-refractivity contribution in [1.29, 1.82) is 0 Å². The summed E-state index contributed by atoms with van der Waals surface area (Å²) in [5.41, 5.74) is 0.246. The summed E-state index contributed by atoms with van der Waals surface area (Å²) in [5.74, 6) is -0.470. The molecule has 0 spiro atoms. The van der Waals surface area contributed by atoms with E-state index in [2.05, 4.69) is 5.32 Å². The van der Waals surface area contributed by atoms with E-state index in [4.69, 9.17) is 0 Å². The van der Waals surface area contributed by atoms with Crippen LogP contribution in [0, 0.1) is 17.6 Å². The lowest BCUT2D eigenvalue weighted by Gasteiger charge is -2.15. The van der Waals surface area contributed by atoms with Crippen molar-refractivity contribution >= 4 is 0 Å². The van der Waals surface area contributed by atoms with Crippen molar-refractivity contribution in [2.45, 2.75) is 25.7 Å². The van der Waals surface area contributed by atoms with Gasteiger partial charge < -0.3 is 5.32 Å². The van der Waals surface area contributed by atoms with Gasteiger partial charge in [-0.25, -0.2) is 8.78 Å². The summed E-state index contributed by atoms with van der Waals surface area (Å²) in [6.45, 7) is 1.89. The smallest absolute Gasteiger partial charge is 0.129 e. The predicted octanol–water partition coefficient (Wildman–Crippen LogP) is 2.90. The highest BCUT2D eigenvalue weighted by Crippen LogP contribution is 2.21. The van der Waals surface area contributed by atoms with E-state index < -0.39 is 11.6 Å². The zero-order valence-electron chi connectivity index (χ0n) is 9.31. The quantitative estimate of drug-likeness (QED) is 0.816. The molecule has 0 saturated carbocycles. The molecule has 1 heterocycles.